The van der Waals surface area contributed by atoms with E-state index < -0.39 is 11.6 Å². The number of carbonyl (C=O) groups excluding carboxylic acids is 3. The third kappa shape index (κ3) is 6.72. The smallest absolute Gasteiger partial charge is 0.410 e. The molecule has 31 heavy (non-hydrogen) atoms. The molecule has 2 aliphatic heterocycles. The van der Waals surface area contributed by atoms with Crippen LogP contribution in [0.3, 0.4) is 0 Å². The summed E-state index contributed by atoms with van der Waals surface area (Å²) in [4.78, 5) is 37.1. The summed E-state index contributed by atoms with van der Waals surface area (Å²) < 4.78 is 12.2. The average molecular weight is 494 g/mol. The van der Waals surface area contributed by atoms with Gasteiger partial charge in [-0.2, -0.15) is 0 Å². The molecule has 0 aliphatic carbocycles. The molecule has 0 aromatic heterocycles. The lowest BCUT2D eigenvalue weighted by molar-refractivity contribution is -0.133. The van der Waals surface area contributed by atoms with Gasteiger partial charge in [0.15, 0.2) is 0 Å². The fourth-order valence-corrected chi connectivity index (χ4v) is 3.60. The fourth-order valence-electron chi connectivity index (χ4n) is 3.24. The Bertz CT molecular complexity index is 894. The highest BCUT2D eigenvalue weighted by atomic mass is 79.9. The summed E-state index contributed by atoms with van der Waals surface area (Å²) in [5, 5.41) is 5.50. The van der Waals surface area contributed by atoms with E-state index in [1.165, 1.54) is 0 Å². The number of benzene rings is 1. The monoisotopic (exact) mass is 493 g/mol. The summed E-state index contributed by atoms with van der Waals surface area (Å²) in [6, 6.07) is 5.07. The number of hydrogen-bond donors (Lipinski definition) is 2. The average Bonchev–Trinajstić information content (AvgIpc) is 2.69. The molecule has 2 aliphatic rings. The van der Waals surface area contributed by atoms with Crippen molar-refractivity contribution in [3.63, 3.8) is 0 Å². The predicted octanol–water partition coefficient (Wildman–Crippen LogP) is 3.61. The second-order valence-electron chi connectivity index (χ2n) is 8.62. The summed E-state index contributed by atoms with van der Waals surface area (Å²) >= 11 is 3.49. The van der Waals surface area contributed by atoms with E-state index in [4.69, 9.17) is 9.47 Å². The van der Waals surface area contributed by atoms with Crippen LogP contribution in [0.2, 0.25) is 0 Å². The summed E-state index contributed by atoms with van der Waals surface area (Å²) in [5.41, 5.74) is 1.33. The number of halogens is 1. The summed E-state index contributed by atoms with van der Waals surface area (Å²) in [6.07, 6.45) is 3.17. The maximum atomic E-state index is 12.2. The second kappa shape index (κ2) is 9.72. The number of anilines is 1. The zero-order chi connectivity index (χ0) is 22.6. The minimum Gasteiger partial charge on any atom is -0.488 e. The van der Waals surface area contributed by atoms with Gasteiger partial charge in [-0.15, -0.1) is 0 Å². The first kappa shape index (κ1) is 23.1. The Morgan fingerprint density at radius 2 is 2.06 bits per heavy atom. The highest BCUT2D eigenvalue weighted by Crippen LogP contribution is 2.30. The van der Waals surface area contributed by atoms with Gasteiger partial charge in [-0.1, -0.05) is 6.08 Å². The Labute approximate surface area is 190 Å². The lowest BCUT2D eigenvalue weighted by atomic mass is 10.1. The molecule has 8 nitrogen and oxygen atoms in total. The van der Waals surface area contributed by atoms with Gasteiger partial charge in [0, 0.05) is 31.3 Å². The lowest BCUT2D eigenvalue weighted by Crippen LogP contribution is -2.47. The lowest BCUT2D eigenvalue weighted by Gasteiger charge is -2.29. The van der Waals surface area contributed by atoms with Gasteiger partial charge in [0.2, 0.25) is 11.8 Å². The first-order chi connectivity index (χ1) is 14.6. The minimum atomic E-state index is -0.511. The molecule has 1 aromatic rings. The Hall–Kier alpha value is -2.55. The van der Waals surface area contributed by atoms with Gasteiger partial charge in [0.05, 0.1) is 4.47 Å². The van der Waals surface area contributed by atoms with Crippen LogP contribution in [0.1, 0.15) is 40.0 Å². The number of carbonyl (C=O) groups is 3. The van der Waals surface area contributed by atoms with Crippen molar-refractivity contribution in [2.45, 2.75) is 51.7 Å². The number of piperidine rings is 1. The Balaban J connectivity index is 1.55. The van der Waals surface area contributed by atoms with E-state index in [9.17, 15) is 14.4 Å². The van der Waals surface area contributed by atoms with Crippen LogP contribution in [0.25, 0.3) is 0 Å². The molecule has 1 unspecified atom stereocenters. The zero-order valence-electron chi connectivity index (χ0n) is 18.0. The van der Waals surface area contributed by atoms with E-state index in [-0.39, 0.29) is 17.9 Å². The summed E-state index contributed by atoms with van der Waals surface area (Å²) in [5.74, 6) is 0.0881. The van der Waals surface area contributed by atoms with Crippen LogP contribution in [-0.4, -0.2) is 54.1 Å². The standard InChI is InChI=1S/C22H28BrN3O5/c1-22(2,3)31-21(29)26-10-8-14(9-11-26)13-30-18-12-15(4-5-16(18)23)24-17-6-7-19(27)25-20(17)28/h4-5,8,12,17,24H,6-7,9-11,13H2,1-3H3,(H,25,27,28). The number of nitrogens with zero attached hydrogens (tertiary/aromatic N) is 1. The molecule has 9 heteroatoms. The van der Waals surface area contributed by atoms with Gasteiger partial charge in [-0.05, 0) is 67.2 Å². The molecular formula is C22H28BrN3O5. The molecule has 1 saturated heterocycles. The first-order valence-corrected chi connectivity index (χ1v) is 11.1. The van der Waals surface area contributed by atoms with Crippen molar-refractivity contribution in [2.24, 2.45) is 0 Å². The van der Waals surface area contributed by atoms with Crippen LogP contribution < -0.4 is 15.4 Å². The highest BCUT2D eigenvalue weighted by molar-refractivity contribution is 9.10. The maximum absolute atomic E-state index is 12.2. The molecule has 1 aromatic carbocycles. The molecule has 3 rings (SSSR count). The quantitative estimate of drug-likeness (QED) is 0.480. The second-order valence-corrected chi connectivity index (χ2v) is 9.47. The van der Waals surface area contributed by atoms with Crippen molar-refractivity contribution < 1.29 is 23.9 Å². The van der Waals surface area contributed by atoms with Crippen LogP contribution in [0.4, 0.5) is 10.5 Å². The van der Waals surface area contributed by atoms with Crippen LogP contribution in [0, 0.1) is 0 Å². The molecule has 2 N–H and O–H groups in total. The van der Waals surface area contributed by atoms with Crippen LogP contribution in [0.15, 0.2) is 34.3 Å². The molecular weight excluding hydrogens is 466 g/mol. The van der Waals surface area contributed by atoms with E-state index in [0.29, 0.717) is 44.7 Å². The molecule has 2 heterocycles. The largest absolute Gasteiger partial charge is 0.488 e. The highest BCUT2D eigenvalue weighted by Gasteiger charge is 2.27. The number of nitrogens with one attached hydrogen (secondary N) is 2. The van der Waals surface area contributed by atoms with Gasteiger partial charge < -0.3 is 19.7 Å². The number of ether oxygens (including phenoxy) is 2. The number of rotatable bonds is 5. The molecule has 168 valence electrons. The van der Waals surface area contributed by atoms with Crippen molar-refractivity contribution in [3.05, 3.63) is 34.3 Å². The molecule has 1 fully saturated rings. The minimum absolute atomic E-state index is 0.242. The number of amides is 3. The maximum Gasteiger partial charge on any atom is 0.410 e. The number of hydrogen-bond acceptors (Lipinski definition) is 6. The van der Waals surface area contributed by atoms with Gasteiger partial charge in [-0.3, -0.25) is 14.9 Å². The van der Waals surface area contributed by atoms with E-state index in [0.717, 1.165) is 15.7 Å². The van der Waals surface area contributed by atoms with E-state index in [1.807, 2.05) is 45.0 Å². The van der Waals surface area contributed by atoms with Gasteiger partial charge in [0.1, 0.15) is 24.0 Å². The van der Waals surface area contributed by atoms with E-state index in [2.05, 4.69) is 26.6 Å². The normalized spacial score (nSPS) is 19.4. The summed E-state index contributed by atoms with van der Waals surface area (Å²) in [7, 11) is 0. The number of imide groups is 1. The van der Waals surface area contributed by atoms with Gasteiger partial charge in [0.25, 0.3) is 0 Å². The third-order valence-electron chi connectivity index (χ3n) is 4.88. The molecule has 0 spiro atoms. The van der Waals surface area contributed by atoms with E-state index >= 15 is 0 Å². The Morgan fingerprint density at radius 1 is 1.29 bits per heavy atom. The zero-order valence-corrected chi connectivity index (χ0v) is 19.6. The van der Waals surface area contributed by atoms with Crippen molar-refractivity contribution in [2.75, 3.05) is 25.0 Å². The van der Waals surface area contributed by atoms with Crippen molar-refractivity contribution >= 4 is 39.5 Å². The van der Waals surface area contributed by atoms with Crippen molar-refractivity contribution in [1.29, 1.82) is 0 Å². The molecule has 0 bridgehead atoms. The van der Waals surface area contributed by atoms with Crippen LogP contribution in [-0.2, 0) is 14.3 Å². The van der Waals surface area contributed by atoms with E-state index in [1.54, 1.807) is 4.90 Å². The molecule has 1 atom stereocenters. The van der Waals surface area contributed by atoms with Gasteiger partial charge >= 0.3 is 6.09 Å². The van der Waals surface area contributed by atoms with Crippen LogP contribution in [0.5, 0.6) is 5.75 Å². The Kier molecular flexibility index (Phi) is 7.25. The van der Waals surface area contributed by atoms with Crippen molar-refractivity contribution in [1.82, 2.24) is 10.2 Å². The fraction of sp³-hybridized carbons (Fsp3) is 0.500. The van der Waals surface area contributed by atoms with Crippen molar-refractivity contribution in [3.8, 4) is 5.75 Å². The molecule has 0 radical (unpaired) electrons. The molecule has 3 amide bonds. The third-order valence-corrected chi connectivity index (χ3v) is 5.53. The Morgan fingerprint density at radius 3 is 2.71 bits per heavy atom. The first-order valence-electron chi connectivity index (χ1n) is 10.3. The predicted molar refractivity (Wildman–Crippen MR) is 120 cm³/mol. The van der Waals surface area contributed by atoms with Gasteiger partial charge in [-0.25, -0.2) is 4.79 Å². The van der Waals surface area contributed by atoms with Crippen LogP contribution >= 0.6 is 15.9 Å². The topological polar surface area (TPSA) is 97.0 Å². The molecule has 0 saturated carbocycles. The summed E-state index contributed by atoms with van der Waals surface area (Å²) in [6.45, 7) is 7.04. The SMILES string of the molecule is CC(C)(C)OC(=O)N1CC=C(COc2cc(NC3CCC(=O)NC3=O)ccc2Br)CC1.